The summed E-state index contributed by atoms with van der Waals surface area (Å²) in [5.41, 5.74) is 0.888. The van der Waals surface area contributed by atoms with E-state index in [1.807, 2.05) is 44.2 Å². The first-order chi connectivity index (χ1) is 8.08. The lowest BCUT2D eigenvalue weighted by molar-refractivity contribution is -0.121. The van der Waals surface area contributed by atoms with E-state index in [4.69, 9.17) is 4.74 Å². The molecule has 1 aromatic carbocycles. The predicted octanol–water partition coefficient (Wildman–Crippen LogP) is 2.49. The Morgan fingerprint density at radius 2 is 1.88 bits per heavy atom. The summed E-state index contributed by atoms with van der Waals surface area (Å²) in [7, 11) is 0. The Hall–Kier alpha value is -1.84. The van der Waals surface area contributed by atoms with Crippen LogP contribution in [-0.2, 0) is 16.1 Å². The van der Waals surface area contributed by atoms with Gasteiger partial charge in [-0.15, -0.1) is 0 Å². The van der Waals surface area contributed by atoms with E-state index in [1.165, 1.54) is 0 Å². The van der Waals surface area contributed by atoms with Crippen molar-refractivity contribution in [2.75, 3.05) is 0 Å². The van der Waals surface area contributed by atoms with Gasteiger partial charge >= 0.3 is 6.09 Å². The van der Waals surface area contributed by atoms with Gasteiger partial charge < -0.3 is 4.74 Å². The normalized spacial score (nSPS) is 10.1. The summed E-state index contributed by atoms with van der Waals surface area (Å²) in [5.74, 6) is -0.0880. The number of amides is 2. The Bertz CT molecular complexity index is 374. The van der Waals surface area contributed by atoms with Gasteiger partial charge in [0.2, 0.25) is 5.91 Å². The second-order valence-corrected chi connectivity index (χ2v) is 4.21. The smallest absolute Gasteiger partial charge is 0.414 e. The molecule has 1 rings (SSSR count). The summed E-state index contributed by atoms with van der Waals surface area (Å²) in [5, 5.41) is 2.18. The molecule has 0 saturated heterocycles. The second-order valence-electron chi connectivity index (χ2n) is 4.21. The maximum atomic E-state index is 11.3. The molecule has 2 amide bonds. The van der Waals surface area contributed by atoms with Gasteiger partial charge in [-0.1, -0.05) is 44.2 Å². The van der Waals surface area contributed by atoms with Crippen molar-refractivity contribution in [3.63, 3.8) is 0 Å². The highest BCUT2D eigenvalue weighted by molar-refractivity contribution is 5.91. The zero-order chi connectivity index (χ0) is 12.7. The van der Waals surface area contributed by atoms with Crippen LogP contribution in [0.1, 0.15) is 25.8 Å². The molecule has 0 fully saturated rings. The van der Waals surface area contributed by atoms with Crippen molar-refractivity contribution in [3.8, 4) is 0 Å². The highest BCUT2D eigenvalue weighted by atomic mass is 16.5. The van der Waals surface area contributed by atoms with Crippen LogP contribution in [-0.4, -0.2) is 12.0 Å². The molecule has 0 spiro atoms. The van der Waals surface area contributed by atoms with Crippen LogP contribution in [0.3, 0.4) is 0 Å². The summed E-state index contributed by atoms with van der Waals surface area (Å²) in [6, 6.07) is 9.31. The number of hydrogen-bond acceptors (Lipinski definition) is 3. The van der Waals surface area contributed by atoms with Crippen LogP contribution in [0.4, 0.5) is 4.79 Å². The summed E-state index contributed by atoms with van der Waals surface area (Å²) < 4.78 is 4.91. The number of carbonyl (C=O) groups excluding carboxylic acids is 2. The van der Waals surface area contributed by atoms with E-state index >= 15 is 0 Å². The Balaban J connectivity index is 2.28. The molecule has 0 aromatic heterocycles. The number of nitrogens with one attached hydrogen (secondary N) is 1. The van der Waals surface area contributed by atoms with Crippen molar-refractivity contribution in [1.82, 2.24) is 5.32 Å². The number of imide groups is 1. The van der Waals surface area contributed by atoms with Crippen LogP contribution >= 0.6 is 0 Å². The summed E-state index contributed by atoms with van der Waals surface area (Å²) in [6.07, 6.45) is -0.375. The molecule has 1 aromatic rings. The minimum atomic E-state index is -0.695. The van der Waals surface area contributed by atoms with Gasteiger partial charge in [0.1, 0.15) is 6.61 Å². The van der Waals surface area contributed by atoms with Crippen LogP contribution in [0.2, 0.25) is 0 Å². The number of benzene rings is 1. The minimum Gasteiger partial charge on any atom is -0.444 e. The molecule has 0 radical (unpaired) electrons. The number of ether oxygens (including phenoxy) is 1. The maximum Gasteiger partial charge on any atom is 0.414 e. The van der Waals surface area contributed by atoms with Gasteiger partial charge in [0.15, 0.2) is 0 Å². The number of rotatable bonds is 4. The topological polar surface area (TPSA) is 55.4 Å². The lowest BCUT2D eigenvalue weighted by Gasteiger charge is -2.07. The van der Waals surface area contributed by atoms with Crippen molar-refractivity contribution >= 4 is 12.0 Å². The molecule has 1 N–H and O–H groups in total. The van der Waals surface area contributed by atoms with Crippen molar-refractivity contribution in [2.45, 2.75) is 26.9 Å². The average molecular weight is 235 g/mol. The number of carbonyl (C=O) groups is 2. The summed E-state index contributed by atoms with van der Waals surface area (Å²) >= 11 is 0. The molecule has 0 saturated carbocycles. The largest absolute Gasteiger partial charge is 0.444 e. The summed E-state index contributed by atoms with van der Waals surface area (Å²) in [6.45, 7) is 3.99. The Kier molecular flexibility index (Phi) is 5.20. The Labute approximate surface area is 101 Å². The van der Waals surface area contributed by atoms with Gasteiger partial charge in [-0.25, -0.2) is 4.79 Å². The fourth-order valence-corrected chi connectivity index (χ4v) is 1.29. The molecule has 4 nitrogen and oxygen atoms in total. The first kappa shape index (κ1) is 13.2. The fourth-order valence-electron chi connectivity index (χ4n) is 1.29. The molecule has 0 aliphatic rings. The van der Waals surface area contributed by atoms with Gasteiger partial charge in [-0.3, -0.25) is 10.1 Å². The SMILES string of the molecule is CC(C)CC(=O)NC(=O)OCc1ccccc1. The Morgan fingerprint density at radius 3 is 2.47 bits per heavy atom. The molecule has 0 aliphatic heterocycles. The predicted molar refractivity (Wildman–Crippen MR) is 64.2 cm³/mol. The van der Waals surface area contributed by atoms with E-state index in [2.05, 4.69) is 5.32 Å². The maximum absolute atomic E-state index is 11.3. The van der Waals surface area contributed by atoms with Crippen molar-refractivity contribution in [2.24, 2.45) is 5.92 Å². The molecule has 4 heteroatoms. The van der Waals surface area contributed by atoms with Gasteiger partial charge in [0, 0.05) is 6.42 Å². The van der Waals surface area contributed by atoms with Crippen molar-refractivity contribution in [1.29, 1.82) is 0 Å². The quantitative estimate of drug-likeness (QED) is 0.872. The molecule has 0 bridgehead atoms. The zero-order valence-corrected chi connectivity index (χ0v) is 10.1. The van der Waals surface area contributed by atoms with E-state index in [1.54, 1.807) is 0 Å². The van der Waals surface area contributed by atoms with E-state index < -0.39 is 6.09 Å². The molecule has 17 heavy (non-hydrogen) atoms. The van der Waals surface area contributed by atoms with Gasteiger partial charge in [-0.2, -0.15) is 0 Å². The molecular formula is C13H17NO3. The van der Waals surface area contributed by atoms with Crippen LogP contribution in [0.25, 0.3) is 0 Å². The van der Waals surface area contributed by atoms with Crippen molar-refractivity contribution < 1.29 is 14.3 Å². The molecule has 0 heterocycles. The molecule has 0 atom stereocenters. The van der Waals surface area contributed by atoms with Crippen LogP contribution < -0.4 is 5.32 Å². The molecule has 0 aliphatic carbocycles. The number of hydrogen-bond donors (Lipinski definition) is 1. The van der Waals surface area contributed by atoms with E-state index in [0.717, 1.165) is 5.56 Å². The molecular weight excluding hydrogens is 218 g/mol. The second kappa shape index (κ2) is 6.68. The highest BCUT2D eigenvalue weighted by Crippen LogP contribution is 2.01. The van der Waals surface area contributed by atoms with Crippen LogP contribution in [0.15, 0.2) is 30.3 Å². The van der Waals surface area contributed by atoms with E-state index in [-0.39, 0.29) is 18.4 Å². The average Bonchev–Trinajstić information content (AvgIpc) is 2.26. The lowest BCUT2D eigenvalue weighted by atomic mass is 10.1. The molecule has 92 valence electrons. The van der Waals surface area contributed by atoms with Gasteiger partial charge in [-0.05, 0) is 11.5 Å². The minimum absolute atomic E-state index is 0.168. The third kappa shape index (κ3) is 5.70. The molecule has 0 unspecified atom stereocenters. The van der Waals surface area contributed by atoms with Gasteiger partial charge in [0.05, 0.1) is 0 Å². The Morgan fingerprint density at radius 1 is 1.24 bits per heavy atom. The fraction of sp³-hybridized carbons (Fsp3) is 0.385. The van der Waals surface area contributed by atoms with Crippen LogP contribution in [0.5, 0.6) is 0 Å². The zero-order valence-electron chi connectivity index (χ0n) is 10.1. The summed E-state index contributed by atoms with van der Waals surface area (Å²) in [4.78, 5) is 22.5. The first-order valence-electron chi connectivity index (χ1n) is 5.58. The van der Waals surface area contributed by atoms with Crippen LogP contribution in [0, 0.1) is 5.92 Å². The monoisotopic (exact) mass is 235 g/mol. The standard InChI is InChI=1S/C13H17NO3/c1-10(2)8-12(15)14-13(16)17-9-11-6-4-3-5-7-11/h3-7,10H,8-9H2,1-2H3,(H,14,15,16). The third-order valence-corrected chi connectivity index (χ3v) is 2.05. The van der Waals surface area contributed by atoms with E-state index in [9.17, 15) is 9.59 Å². The van der Waals surface area contributed by atoms with Gasteiger partial charge in [0.25, 0.3) is 0 Å². The lowest BCUT2D eigenvalue weighted by Crippen LogP contribution is -2.31. The highest BCUT2D eigenvalue weighted by Gasteiger charge is 2.10. The van der Waals surface area contributed by atoms with Crippen molar-refractivity contribution in [3.05, 3.63) is 35.9 Å². The van der Waals surface area contributed by atoms with E-state index in [0.29, 0.717) is 6.42 Å². The third-order valence-electron chi connectivity index (χ3n) is 2.05. The number of alkyl carbamates (subject to hydrolysis) is 1. The first-order valence-corrected chi connectivity index (χ1v) is 5.58.